The molecule has 11 heavy (non-hydrogen) atoms. The minimum absolute atomic E-state index is 0.325. The maximum absolute atomic E-state index is 10.8. The van der Waals surface area contributed by atoms with E-state index in [2.05, 4.69) is 9.79 Å². The van der Waals surface area contributed by atoms with Crippen LogP contribution in [0.25, 0.3) is 11.0 Å². The van der Waals surface area contributed by atoms with Gasteiger partial charge in [-0.1, -0.05) is 0 Å². The molecular formula is C6H5N3O2. The zero-order valence-corrected chi connectivity index (χ0v) is 5.52. The van der Waals surface area contributed by atoms with Crippen LogP contribution < -0.4 is 10.6 Å². The molecule has 0 fully saturated rings. The Kier molecular flexibility index (Phi) is 1.00. The molecular weight excluding hydrogens is 146 g/mol. The molecule has 0 atom stereocenters. The van der Waals surface area contributed by atoms with Gasteiger partial charge in [0, 0.05) is 16.9 Å². The van der Waals surface area contributed by atoms with E-state index in [4.69, 9.17) is 5.73 Å². The number of nitrogen functional groups attached to an aromatic ring is 1. The van der Waals surface area contributed by atoms with E-state index >= 15 is 0 Å². The van der Waals surface area contributed by atoms with Crippen molar-refractivity contribution in [1.29, 1.82) is 0 Å². The molecule has 2 N–H and O–H groups in total. The Labute approximate surface area is 61.5 Å². The second-order valence-corrected chi connectivity index (χ2v) is 2.18. The fourth-order valence-electron chi connectivity index (χ4n) is 0.889. The van der Waals surface area contributed by atoms with Crippen LogP contribution in [-0.4, -0.2) is 5.16 Å². The fourth-order valence-corrected chi connectivity index (χ4v) is 0.889. The SMILES string of the molecule is Nc1ccc2no[n+]([O-])c2c1. The second-order valence-electron chi connectivity index (χ2n) is 2.18. The van der Waals surface area contributed by atoms with Gasteiger partial charge in [-0.05, 0) is 17.0 Å². The van der Waals surface area contributed by atoms with Crippen molar-refractivity contribution in [2.75, 3.05) is 5.73 Å². The van der Waals surface area contributed by atoms with Crippen LogP contribution in [0.1, 0.15) is 0 Å². The minimum atomic E-state index is 0.325. The number of fused-ring (bicyclic) bond motifs is 1. The fraction of sp³-hybridized carbons (Fsp3) is 0. The molecule has 2 rings (SSSR count). The van der Waals surface area contributed by atoms with Crippen LogP contribution in [0, 0.1) is 5.21 Å². The third-order valence-corrected chi connectivity index (χ3v) is 1.41. The highest BCUT2D eigenvalue weighted by molar-refractivity contribution is 5.74. The van der Waals surface area contributed by atoms with Gasteiger partial charge in [0.1, 0.15) is 0 Å². The number of nitrogens with zero attached hydrogens (tertiary/aromatic N) is 2. The molecule has 5 nitrogen and oxygen atoms in total. The Morgan fingerprint density at radius 3 is 3.18 bits per heavy atom. The van der Waals surface area contributed by atoms with Crippen molar-refractivity contribution >= 4 is 16.7 Å². The Morgan fingerprint density at radius 1 is 1.55 bits per heavy atom. The van der Waals surface area contributed by atoms with Crippen LogP contribution in [0.5, 0.6) is 0 Å². The molecule has 0 aliphatic heterocycles. The predicted octanol–water partition coefficient (Wildman–Crippen LogP) is 0.0434. The van der Waals surface area contributed by atoms with Gasteiger partial charge in [0.2, 0.25) is 11.0 Å². The first kappa shape index (κ1) is 5.96. The van der Waals surface area contributed by atoms with Gasteiger partial charge in [-0.15, -0.1) is 0 Å². The lowest BCUT2D eigenvalue weighted by molar-refractivity contribution is -0.782. The van der Waals surface area contributed by atoms with E-state index in [1.54, 1.807) is 12.1 Å². The van der Waals surface area contributed by atoms with E-state index in [1.165, 1.54) is 6.07 Å². The average molecular weight is 151 g/mol. The maximum Gasteiger partial charge on any atom is 0.248 e. The Bertz CT molecular complexity index is 396. The molecule has 1 aromatic heterocycles. The van der Waals surface area contributed by atoms with Gasteiger partial charge >= 0.3 is 0 Å². The van der Waals surface area contributed by atoms with Gasteiger partial charge in [-0.25, -0.2) is 0 Å². The van der Waals surface area contributed by atoms with Gasteiger partial charge in [0.05, 0.1) is 0 Å². The van der Waals surface area contributed by atoms with Crippen LogP contribution in [0.4, 0.5) is 5.69 Å². The number of hydrogen-bond acceptors (Lipinski definition) is 4. The lowest BCUT2D eigenvalue weighted by Crippen LogP contribution is -2.22. The predicted molar refractivity (Wildman–Crippen MR) is 37.4 cm³/mol. The number of hydrogen-bond donors (Lipinski definition) is 1. The molecule has 0 saturated heterocycles. The number of anilines is 1. The summed E-state index contributed by atoms with van der Waals surface area (Å²) in [6.45, 7) is 0. The van der Waals surface area contributed by atoms with E-state index in [-0.39, 0.29) is 0 Å². The highest BCUT2D eigenvalue weighted by atomic mass is 16.8. The van der Waals surface area contributed by atoms with Gasteiger partial charge < -0.3 is 10.9 Å². The molecule has 0 radical (unpaired) electrons. The van der Waals surface area contributed by atoms with Gasteiger partial charge in [0.15, 0.2) is 0 Å². The second kappa shape index (κ2) is 1.85. The first-order chi connectivity index (χ1) is 5.27. The molecule has 1 heterocycles. The highest BCUT2D eigenvalue weighted by Gasteiger charge is 2.07. The minimum Gasteiger partial charge on any atom is -0.399 e. The first-order valence-corrected chi connectivity index (χ1v) is 3.02. The summed E-state index contributed by atoms with van der Waals surface area (Å²) in [5.41, 5.74) is 6.81. The summed E-state index contributed by atoms with van der Waals surface area (Å²) in [7, 11) is 0. The summed E-state index contributed by atoms with van der Waals surface area (Å²) in [4.78, 5) is 0.325. The van der Waals surface area contributed by atoms with E-state index < -0.39 is 0 Å². The number of rotatable bonds is 0. The molecule has 0 spiro atoms. The summed E-state index contributed by atoms with van der Waals surface area (Å²) >= 11 is 0. The van der Waals surface area contributed by atoms with Gasteiger partial charge in [-0.3, -0.25) is 4.63 Å². The van der Waals surface area contributed by atoms with Gasteiger partial charge in [-0.2, -0.15) is 0 Å². The number of aromatic nitrogens is 2. The molecule has 5 heteroatoms. The normalized spacial score (nSPS) is 10.5. The van der Waals surface area contributed by atoms with E-state index in [1.807, 2.05) is 0 Å². The van der Waals surface area contributed by atoms with Crippen molar-refractivity contribution in [3.05, 3.63) is 23.4 Å². The largest absolute Gasteiger partial charge is 0.399 e. The molecule has 1 aromatic carbocycles. The van der Waals surface area contributed by atoms with Crippen LogP contribution >= 0.6 is 0 Å². The van der Waals surface area contributed by atoms with Crippen LogP contribution in [0.3, 0.4) is 0 Å². The summed E-state index contributed by atoms with van der Waals surface area (Å²) in [5, 5.41) is 14.2. The van der Waals surface area contributed by atoms with Crippen molar-refractivity contribution in [2.24, 2.45) is 0 Å². The lowest BCUT2D eigenvalue weighted by atomic mass is 10.3. The molecule has 56 valence electrons. The molecule has 0 aliphatic rings. The third kappa shape index (κ3) is 0.778. The van der Waals surface area contributed by atoms with Gasteiger partial charge in [0.25, 0.3) is 0 Å². The zero-order valence-electron chi connectivity index (χ0n) is 5.52. The summed E-state index contributed by atoms with van der Waals surface area (Å²) in [6, 6.07) is 4.80. The summed E-state index contributed by atoms with van der Waals surface area (Å²) in [6.07, 6.45) is 0. The highest BCUT2D eigenvalue weighted by Crippen LogP contribution is 2.10. The van der Waals surface area contributed by atoms with Crippen molar-refractivity contribution in [3.8, 4) is 0 Å². The summed E-state index contributed by atoms with van der Waals surface area (Å²) in [5.74, 6) is 0. The summed E-state index contributed by atoms with van der Waals surface area (Å²) < 4.78 is 4.33. The molecule has 0 bridgehead atoms. The van der Waals surface area contributed by atoms with Crippen molar-refractivity contribution < 1.29 is 9.53 Å². The Morgan fingerprint density at radius 2 is 2.36 bits per heavy atom. The quantitative estimate of drug-likeness (QED) is 0.426. The van der Waals surface area contributed by atoms with E-state index in [0.29, 0.717) is 21.6 Å². The maximum atomic E-state index is 10.8. The topological polar surface area (TPSA) is 79.0 Å². The third-order valence-electron chi connectivity index (χ3n) is 1.41. The standard InChI is InChI=1S/C6H5N3O2/c7-4-1-2-5-6(3-4)9(10)11-8-5/h1-3H,7H2. The van der Waals surface area contributed by atoms with Crippen molar-refractivity contribution in [1.82, 2.24) is 5.16 Å². The first-order valence-electron chi connectivity index (χ1n) is 3.02. The molecule has 2 aromatic rings. The lowest BCUT2D eigenvalue weighted by Gasteiger charge is -1.88. The molecule has 0 aliphatic carbocycles. The monoisotopic (exact) mass is 151 g/mol. The zero-order chi connectivity index (χ0) is 7.84. The number of nitrogens with two attached hydrogens (primary N) is 1. The van der Waals surface area contributed by atoms with E-state index in [9.17, 15) is 5.21 Å². The molecule has 0 saturated carbocycles. The van der Waals surface area contributed by atoms with Crippen molar-refractivity contribution in [3.63, 3.8) is 0 Å². The number of benzene rings is 1. The smallest absolute Gasteiger partial charge is 0.248 e. The molecule has 0 unspecified atom stereocenters. The van der Waals surface area contributed by atoms with Crippen LogP contribution in [0.2, 0.25) is 0 Å². The van der Waals surface area contributed by atoms with Crippen LogP contribution in [0.15, 0.2) is 22.8 Å². The average Bonchev–Trinajstić information content (AvgIpc) is 2.33. The van der Waals surface area contributed by atoms with E-state index in [0.717, 1.165) is 0 Å². The van der Waals surface area contributed by atoms with Crippen molar-refractivity contribution in [2.45, 2.75) is 0 Å². The Hall–Kier alpha value is -1.78. The molecule has 0 amide bonds. The Balaban J connectivity index is 2.87. The van der Waals surface area contributed by atoms with Crippen LogP contribution in [-0.2, 0) is 0 Å².